The number of carbonyl (C=O) groups excluding carboxylic acids is 2. The predicted octanol–water partition coefficient (Wildman–Crippen LogP) is 1.69. The molecule has 9 heteroatoms. The molecule has 1 aromatic heterocycles. The van der Waals surface area contributed by atoms with Crippen molar-refractivity contribution < 1.29 is 19.5 Å². The minimum Gasteiger partial charge on any atom is -0.480 e. The largest absolute Gasteiger partial charge is 0.480 e. The molecule has 0 aliphatic heterocycles. The fourth-order valence-corrected chi connectivity index (χ4v) is 2.87. The number of aromatic nitrogens is 2. The number of nitrogens with one attached hydrogen (secondary N) is 2. The standard InChI is InChI=1S/C19H17ClN4O4/c20-13-6-2-1-5-12(13)18(26)23-15(19(27)28)9-21-17(25)10-24-11-22-14-7-3-4-8-16(14)24/h1-8,11,15H,9-10H2,(H,21,25)(H,23,26)(H,27,28)/t15-/m0/s1. The molecular formula is C19H17ClN4O4. The maximum absolute atomic E-state index is 12.2. The summed E-state index contributed by atoms with van der Waals surface area (Å²) in [6, 6.07) is 12.3. The molecule has 1 atom stereocenters. The van der Waals surface area contributed by atoms with Crippen molar-refractivity contribution in [2.24, 2.45) is 0 Å². The third-order valence-electron chi connectivity index (χ3n) is 4.07. The molecule has 0 aliphatic rings. The normalized spacial score (nSPS) is 11.8. The lowest BCUT2D eigenvalue weighted by molar-refractivity contribution is -0.139. The van der Waals surface area contributed by atoms with Crippen molar-refractivity contribution in [3.05, 3.63) is 65.4 Å². The van der Waals surface area contributed by atoms with Crippen LogP contribution >= 0.6 is 11.6 Å². The molecule has 3 N–H and O–H groups in total. The van der Waals surface area contributed by atoms with E-state index in [9.17, 15) is 19.5 Å². The van der Waals surface area contributed by atoms with Gasteiger partial charge in [0.25, 0.3) is 5.91 Å². The summed E-state index contributed by atoms with van der Waals surface area (Å²) in [7, 11) is 0. The third kappa shape index (κ3) is 4.47. The van der Waals surface area contributed by atoms with Gasteiger partial charge >= 0.3 is 5.97 Å². The van der Waals surface area contributed by atoms with Crippen molar-refractivity contribution in [3.8, 4) is 0 Å². The van der Waals surface area contributed by atoms with Crippen molar-refractivity contribution in [3.63, 3.8) is 0 Å². The molecule has 0 spiro atoms. The second-order valence-corrected chi connectivity index (χ2v) is 6.42. The van der Waals surface area contributed by atoms with Gasteiger partial charge in [0.05, 0.1) is 27.9 Å². The molecule has 0 unspecified atom stereocenters. The van der Waals surface area contributed by atoms with E-state index in [-0.39, 0.29) is 23.7 Å². The van der Waals surface area contributed by atoms with Crippen molar-refractivity contribution in [1.82, 2.24) is 20.2 Å². The summed E-state index contributed by atoms with van der Waals surface area (Å²) in [5.74, 6) is -2.30. The number of fused-ring (bicyclic) bond motifs is 1. The molecule has 8 nitrogen and oxygen atoms in total. The van der Waals surface area contributed by atoms with E-state index in [1.54, 1.807) is 16.7 Å². The molecule has 0 saturated carbocycles. The highest BCUT2D eigenvalue weighted by molar-refractivity contribution is 6.33. The fraction of sp³-hybridized carbons (Fsp3) is 0.158. The van der Waals surface area contributed by atoms with Gasteiger partial charge in [0.1, 0.15) is 12.6 Å². The summed E-state index contributed by atoms with van der Waals surface area (Å²) in [5, 5.41) is 14.4. The van der Waals surface area contributed by atoms with Gasteiger partial charge < -0.3 is 20.3 Å². The Hall–Kier alpha value is -3.39. The molecule has 1 heterocycles. The maximum Gasteiger partial charge on any atom is 0.328 e. The number of amides is 2. The lowest BCUT2D eigenvalue weighted by Gasteiger charge is -2.16. The van der Waals surface area contributed by atoms with Gasteiger partial charge in [0.15, 0.2) is 0 Å². The number of carbonyl (C=O) groups is 3. The number of imidazole rings is 1. The first kappa shape index (κ1) is 19.4. The minimum absolute atomic E-state index is 0.0225. The lowest BCUT2D eigenvalue weighted by Crippen LogP contribution is -2.48. The number of rotatable bonds is 7. The van der Waals surface area contributed by atoms with Gasteiger partial charge in [-0.25, -0.2) is 9.78 Å². The van der Waals surface area contributed by atoms with Crippen LogP contribution in [0.5, 0.6) is 0 Å². The van der Waals surface area contributed by atoms with Crippen LogP contribution in [0, 0.1) is 0 Å². The molecule has 0 aliphatic carbocycles. The van der Waals surface area contributed by atoms with Gasteiger partial charge in [0, 0.05) is 6.54 Å². The van der Waals surface area contributed by atoms with Crippen LogP contribution in [0.15, 0.2) is 54.9 Å². The maximum atomic E-state index is 12.2. The Morgan fingerprint density at radius 2 is 1.82 bits per heavy atom. The highest BCUT2D eigenvalue weighted by Gasteiger charge is 2.22. The van der Waals surface area contributed by atoms with Crippen molar-refractivity contribution in [2.75, 3.05) is 6.54 Å². The molecule has 0 saturated heterocycles. The summed E-state index contributed by atoms with van der Waals surface area (Å²) >= 11 is 5.95. The first-order valence-electron chi connectivity index (χ1n) is 8.40. The SMILES string of the molecule is O=C(Cn1cnc2ccccc21)NC[C@H](NC(=O)c1ccccc1Cl)C(=O)O. The molecule has 2 aromatic carbocycles. The average Bonchev–Trinajstić information content (AvgIpc) is 3.08. The zero-order valence-corrected chi connectivity index (χ0v) is 15.4. The Kier molecular flexibility index (Phi) is 5.90. The Balaban J connectivity index is 1.60. The number of benzene rings is 2. The van der Waals surface area contributed by atoms with Crippen molar-refractivity contribution in [2.45, 2.75) is 12.6 Å². The molecule has 144 valence electrons. The average molecular weight is 401 g/mol. The smallest absolute Gasteiger partial charge is 0.328 e. The summed E-state index contributed by atoms with van der Waals surface area (Å²) in [6.07, 6.45) is 1.54. The molecule has 0 radical (unpaired) electrons. The second kappa shape index (κ2) is 8.53. The number of carboxylic acids is 1. The van der Waals surface area contributed by atoms with E-state index in [4.69, 9.17) is 11.6 Å². The first-order valence-corrected chi connectivity index (χ1v) is 8.78. The zero-order chi connectivity index (χ0) is 20.1. The van der Waals surface area contributed by atoms with E-state index >= 15 is 0 Å². The number of aliphatic carboxylic acids is 1. The molecule has 3 aromatic rings. The zero-order valence-electron chi connectivity index (χ0n) is 14.6. The second-order valence-electron chi connectivity index (χ2n) is 6.01. The highest BCUT2D eigenvalue weighted by Crippen LogP contribution is 2.14. The van der Waals surface area contributed by atoms with E-state index in [0.717, 1.165) is 11.0 Å². The Morgan fingerprint density at radius 1 is 1.11 bits per heavy atom. The van der Waals surface area contributed by atoms with Gasteiger partial charge in [0.2, 0.25) is 5.91 Å². The third-order valence-corrected chi connectivity index (χ3v) is 4.40. The van der Waals surface area contributed by atoms with Crippen LogP contribution < -0.4 is 10.6 Å². The van der Waals surface area contributed by atoms with Crippen LogP contribution in [-0.4, -0.2) is 45.0 Å². The monoisotopic (exact) mass is 400 g/mol. The number of hydrogen-bond acceptors (Lipinski definition) is 4. The van der Waals surface area contributed by atoms with Crippen LogP contribution in [-0.2, 0) is 16.1 Å². The molecule has 0 fully saturated rings. The van der Waals surface area contributed by atoms with Crippen LogP contribution in [0.25, 0.3) is 11.0 Å². The Morgan fingerprint density at radius 3 is 2.57 bits per heavy atom. The Bertz CT molecular complexity index is 1030. The first-order chi connectivity index (χ1) is 13.5. The van der Waals surface area contributed by atoms with E-state index in [1.165, 1.54) is 18.5 Å². The summed E-state index contributed by atoms with van der Waals surface area (Å²) in [6.45, 7) is -0.289. The number of para-hydroxylation sites is 2. The molecular weight excluding hydrogens is 384 g/mol. The summed E-state index contributed by atoms with van der Waals surface area (Å²) < 4.78 is 1.66. The van der Waals surface area contributed by atoms with E-state index < -0.39 is 23.8 Å². The van der Waals surface area contributed by atoms with E-state index in [1.807, 2.05) is 24.3 Å². The van der Waals surface area contributed by atoms with Crippen molar-refractivity contribution in [1.29, 1.82) is 0 Å². The topological polar surface area (TPSA) is 113 Å². The molecule has 2 amide bonds. The van der Waals surface area contributed by atoms with Crippen LogP contribution in [0.1, 0.15) is 10.4 Å². The van der Waals surface area contributed by atoms with Crippen molar-refractivity contribution >= 4 is 40.4 Å². The number of halogens is 1. The van der Waals surface area contributed by atoms with Gasteiger partial charge in [-0.1, -0.05) is 35.9 Å². The molecule has 28 heavy (non-hydrogen) atoms. The number of nitrogens with zero attached hydrogens (tertiary/aromatic N) is 2. The van der Waals surface area contributed by atoms with Gasteiger partial charge in [-0.2, -0.15) is 0 Å². The van der Waals surface area contributed by atoms with E-state index in [0.29, 0.717) is 0 Å². The summed E-state index contributed by atoms with van der Waals surface area (Å²) in [5.41, 5.74) is 1.71. The fourth-order valence-electron chi connectivity index (χ4n) is 2.64. The highest BCUT2D eigenvalue weighted by atomic mass is 35.5. The molecule has 0 bridgehead atoms. The molecule has 3 rings (SSSR count). The van der Waals surface area contributed by atoms with Gasteiger partial charge in [-0.15, -0.1) is 0 Å². The minimum atomic E-state index is -1.30. The quantitative estimate of drug-likeness (QED) is 0.558. The van der Waals surface area contributed by atoms with Crippen LogP contribution in [0.4, 0.5) is 0 Å². The van der Waals surface area contributed by atoms with Gasteiger partial charge in [-0.05, 0) is 24.3 Å². The number of hydrogen-bond donors (Lipinski definition) is 3. The van der Waals surface area contributed by atoms with Crippen LogP contribution in [0.2, 0.25) is 5.02 Å². The predicted molar refractivity (Wildman–Crippen MR) is 103 cm³/mol. The number of carboxylic acid groups (broad SMARTS) is 1. The Labute approximate surface area is 165 Å². The van der Waals surface area contributed by atoms with Crippen LogP contribution in [0.3, 0.4) is 0 Å². The van der Waals surface area contributed by atoms with E-state index in [2.05, 4.69) is 15.6 Å². The van der Waals surface area contributed by atoms with Gasteiger partial charge in [-0.3, -0.25) is 9.59 Å². The lowest BCUT2D eigenvalue weighted by atomic mass is 10.2. The summed E-state index contributed by atoms with van der Waals surface area (Å²) in [4.78, 5) is 40.1.